The van der Waals surface area contributed by atoms with E-state index in [9.17, 15) is 18.0 Å². The Morgan fingerprint density at radius 3 is 2.86 bits per heavy atom. The third kappa shape index (κ3) is 3.16. The summed E-state index contributed by atoms with van der Waals surface area (Å²) in [6.07, 6.45) is -2.47. The number of carbonyl (C=O) groups excluding carboxylic acids is 1. The van der Waals surface area contributed by atoms with Crippen molar-refractivity contribution in [1.82, 2.24) is 4.98 Å². The fourth-order valence-electron chi connectivity index (χ4n) is 2.37. The monoisotopic (exact) mass is 330 g/mol. The molecule has 0 N–H and O–H groups in total. The molecule has 0 saturated heterocycles. The van der Waals surface area contributed by atoms with Crippen LogP contribution >= 0.6 is 11.3 Å². The molecule has 0 radical (unpaired) electrons. The molecule has 1 amide bonds. The maximum absolute atomic E-state index is 12.8. The largest absolute Gasteiger partial charge is 0.469 e. The highest BCUT2D eigenvalue weighted by molar-refractivity contribution is 7.14. The molecule has 8 heteroatoms. The van der Waals surface area contributed by atoms with Crippen LogP contribution in [0.3, 0.4) is 0 Å². The molecule has 1 fully saturated rings. The van der Waals surface area contributed by atoms with Crippen LogP contribution in [0.1, 0.15) is 23.8 Å². The Kier molecular flexibility index (Phi) is 3.72. The number of carbonyl (C=O) groups is 1. The van der Waals surface area contributed by atoms with Crippen molar-refractivity contribution in [3.05, 3.63) is 35.2 Å². The fourth-order valence-corrected chi connectivity index (χ4v) is 3.18. The molecule has 2 aromatic heterocycles. The second kappa shape index (κ2) is 5.42. The molecule has 3 rings (SSSR count). The Morgan fingerprint density at radius 2 is 2.32 bits per heavy atom. The summed E-state index contributed by atoms with van der Waals surface area (Å²) < 4.78 is 43.6. The Morgan fingerprint density at radius 1 is 1.55 bits per heavy atom. The van der Waals surface area contributed by atoms with E-state index in [4.69, 9.17) is 4.42 Å². The first-order valence-corrected chi connectivity index (χ1v) is 7.57. The molecule has 118 valence electrons. The second-order valence-electron chi connectivity index (χ2n) is 5.28. The number of hydrogen-bond acceptors (Lipinski definition) is 4. The molecule has 1 saturated carbocycles. The molecule has 2 atom stereocenters. The SMILES string of the molecule is Cc1csc(N(CC(F)(F)F)C(=O)[C@@H]2C[C@@H]2c2ccco2)n1. The molecule has 0 bridgehead atoms. The third-order valence-electron chi connectivity index (χ3n) is 3.46. The van der Waals surface area contributed by atoms with E-state index in [0.717, 1.165) is 16.2 Å². The van der Waals surface area contributed by atoms with Crippen LogP contribution in [0.25, 0.3) is 0 Å². The first kappa shape index (κ1) is 15.1. The predicted molar refractivity (Wildman–Crippen MR) is 74.8 cm³/mol. The van der Waals surface area contributed by atoms with Crippen molar-refractivity contribution in [2.75, 3.05) is 11.4 Å². The van der Waals surface area contributed by atoms with Gasteiger partial charge < -0.3 is 4.42 Å². The molecule has 0 unspecified atom stereocenters. The van der Waals surface area contributed by atoms with Crippen LogP contribution in [0.4, 0.5) is 18.3 Å². The summed E-state index contributed by atoms with van der Waals surface area (Å²) in [6.45, 7) is 0.360. The highest BCUT2D eigenvalue weighted by Crippen LogP contribution is 2.49. The fraction of sp³-hybridized carbons (Fsp3) is 0.429. The zero-order chi connectivity index (χ0) is 15.9. The first-order valence-electron chi connectivity index (χ1n) is 6.69. The number of aryl methyl sites for hydroxylation is 1. The van der Waals surface area contributed by atoms with E-state index < -0.39 is 24.5 Å². The van der Waals surface area contributed by atoms with Crippen molar-refractivity contribution in [2.24, 2.45) is 5.92 Å². The number of nitrogens with zero attached hydrogens (tertiary/aromatic N) is 2. The summed E-state index contributed by atoms with van der Waals surface area (Å²) in [5.41, 5.74) is 0.596. The van der Waals surface area contributed by atoms with Gasteiger partial charge in [-0.2, -0.15) is 13.2 Å². The lowest BCUT2D eigenvalue weighted by atomic mass is 10.2. The Labute approximate surface area is 128 Å². The first-order chi connectivity index (χ1) is 10.3. The van der Waals surface area contributed by atoms with Crippen LogP contribution < -0.4 is 4.90 Å². The van der Waals surface area contributed by atoms with Crippen LogP contribution in [0.15, 0.2) is 28.2 Å². The maximum Gasteiger partial charge on any atom is 0.406 e. The summed E-state index contributed by atoms with van der Waals surface area (Å²) in [5.74, 6) is -0.522. The van der Waals surface area contributed by atoms with Gasteiger partial charge in [-0.3, -0.25) is 9.69 Å². The molecule has 22 heavy (non-hydrogen) atoms. The van der Waals surface area contributed by atoms with E-state index >= 15 is 0 Å². The van der Waals surface area contributed by atoms with Gasteiger partial charge in [0.25, 0.3) is 0 Å². The molecule has 0 aliphatic heterocycles. The van der Waals surface area contributed by atoms with Crippen molar-refractivity contribution < 1.29 is 22.4 Å². The van der Waals surface area contributed by atoms with Gasteiger partial charge in [0.15, 0.2) is 5.13 Å². The highest BCUT2D eigenvalue weighted by Gasteiger charge is 2.49. The number of alkyl halides is 3. The van der Waals surface area contributed by atoms with E-state index in [1.807, 2.05) is 0 Å². The van der Waals surface area contributed by atoms with Crippen molar-refractivity contribution in [3.8, 4) is 0 Å². The number of hydrogen-bond donors (Lipinski definition) is 0. The molecule has 2 heterocycles. The van der Waals surface area contributed by atoms with Crippen LogP contribution in [0.5, 0.6) is 0 Å². The summed E-state index contributed by atoms with van der Waals surface area (Å²) >= 11 is 1.04. The second-order valence-corrected chi connectivity index (χ2v) is 6.11. The highest BCUT2D eigenvalue weighted by atomic mass is 32.1. The minimum absolute atomic E-state index is 0.0879. The summed E-state index contributed by atoms with van der Waals surface area (Å²) in [7, 11) is 0. The maximum atomic E-state index is 12.8. The summed E-state index contributed by atoms with van der Waals surface area (Å²) in [4.78, 5) is 17.2. The van der Waals surface area contributed by atoms with E-state index in [-0.39, 0.29) is 11.0 Å². The number of amides is 1. The lowest BCUT2D eigenvalue weighted by molar-refractivity contribution is -0.133. The molecule has 2 aromatic rings. The standard InChI is InChI=1S/C14H13F3N2O2S/c1-8-6-22-13(18-8)19(7-14(15,16)17)12(20)10-5-9(10)11-3-2-4-21-11/h2-4,6,9-10H,5,7H2,1H3/t9-,10+/m0/s1. The molecule has 0 spiro atoms. The summed E-state index contributed by atoms with van der Waals surface area (Å²) in [5, 5.41) is 1.72. The predicted octanol–water partition coefficient (Wildman–Crippen LogP) is 3.74. The van der Waals surface area contributed by atoms with Gasteiger partial charge in [-0.15, -0.1) is 11.3 Å². The zero-order valence-corrected chi connectivity index (χ0v) is 12.4. The molecular weight excluding hydrogens is 317 g/mol. The van der Waals surface area contributed by atoms with Gasteiger partial charge in [0.05, 0.1) is 12.0 Å². The molecule has 1 aliphatic rings. The Bertz CT molecular complexity index is 666. The van der Waals surface area contributed by atoms with Gasteiger partial charge >= 0.3 is 6.18 Å². The topological polar surface area (TPSA) is 46.3 Å². The Balaban J connectivity index is 1.79. The zero-order valence-electron chi connectivity index (χ0n) is 11.6. The van der Waals surface area contributed by atoms with E-state index in [0.29, 0.717) is 17.9 Å². The van der Waals surface area contributed by atoms with Crippen molar-refractivity contribution in [1.29, 1.82) is 0 Å². The molecule has 0 aromatic carbocycles. The average Bonchev–Trinajstić information content (AvgIpc) is 2.85. The lowest BCUT2D eigenvalue weighted by Crippen LogP contribution is -2.40. The van der Waals surface area contributed by atoms with Crippen molar-refractivity contribution >= 4 is 22.4 Å². The number of aromatic nitrogens is 1. The van der Waals surface area contributed by atoms with Crippen LogP contribution in [-0.4, -0.2) is 23.6 Å². The van der Waals surface area contributed by atoms with E-state index in [2.05, 4.69) is 4.98 Å². The van der Waals surface area contributed by atoms with Crippen LogP contribution in [0.2, 0.25) is 0 Å². The third-order valence-corrected chi connectivity index (χ3v) is 4.44. The normalized spacial score (nSPS) is 20.9. The smallest absolute Gasteiger partial charge is 0.406 e. The van der Waals surface area contributed by atoms with Gasteiger partial charge in [-0.1, -0.05) is 0 Å². The van der Waals surface area contributed by atoms with Crippen molar-refractivity contribution in [3.63, 3.8) is 0 Å². The summed E-state index contributed by atoms with van der Waals surface area (Å²) in [6, 6.07) is 3.44. The molecule has 1 aliphatic carbocycles. The number of halogens is 3. The number of anilines is 1. The van der Waals surface area contributed by atoms with Gasteiger partial charge in [0.1, 0.15) is 12.3 Å². The van der Waals surface area contributed by atoms with Gasteiger partial charge in [0, 0.05) is 17.2 Å². The van der Waals surface area contributed by atoms with Crippen LogP contribution in [-0.2, 0) is 4.79 Å². The quantitative estimate of drug-likeness (QED) is 0.858. The minimum atomic E-state index is -4.47. The lowest BCUT2D eigenvalue weighted by Gasteiger charge is -2.21. The van der Waals surface area contributed by atoms with Gasteiger partial charge in [-0.25, -0.2) is 4.98 Å². The van der Waals surface area contributed by atoms with E-state index in [1.54, 1.807) is 24.4 Å². The Hall–Kier alpha value is -1.83. The average molecular weight is 330 g/mol. The number of rotatable bonds is 4. The van der Waals surface area contributed by atoms with E-state index in [1.165, 1.54) is 6.26 Å². The molecular formula is C14H13F3N2O2S. The van der Waals surface area contributed by atoms with Crippen LogP contribution in [0, 0.1) is 12.8 Å². The van der Waals surface area contributed by atoms with Crippen molar-refractivity contribution in [2.45, 2.75) is 25.4 Å². The van der Waals surface area contributed by atoms with Gasteiger partial charge in [0.2, 0.25) is 5.91 Å². The minimum Gasteiger partial charge on any atom is -0.469 e. The number of furan rings is 1. The molecule has 4 nitrogen and oxygen atoms in total. The number of thiazole rings is 1. The van der Waals surface area contributed by atoms with Gasteiger partial charge in [-0.05, 0) is 25.5 Å².